The van der Waals surface area contributed by atoms with E-state index in [-0.39, 0.29) is 17.2 Å². The van der Waals surface area contributed by atoms with Crippen LogP contribution in [-0.4, -0.2) is 35.4 Å². The van der Waals surface area contributed by atoms with E-state index in [0.717, 1.165) is 11.3 Å². The molecule has 4 aromatic rings. The van der Waals surface area contributed by atoms with Crippen molar-refractivity contribution in [2.24, 2.45) is 0 Å². The van der Waals surface area contributed by atoms with E-state index in [2.05, 4.69) is 10.3 Å². The largest absolute Gasteiger partial charge is 0.497 e. The molecule has 0 fully saturated rings. The number of aromatic nitrogens is 2. The lowest BCUT2D eigenvalue weighted by molar-refractivity contribution is -0.113. The summed E-state index contributed by atoms with van der Waals surface area (Å²) in [6.07, 6.45) is 0. The van der Waals surface area contributed by atoms with E-state index < -0.39 is 0 Å². The zero-order chi connectivity index (χ0) is 24.1. The van der Waals surface area contributed by atoms with Crippen molar-refractivity contribution in [1.29, 1.82) is 0 Å². The molecule has 0 aliphatic carbocycles. The maximum Gasteiger partial charge on any atom is 0.262 e. The molecule has 0 saturated carbocycles. The Balaban J connectivity index is 1.57. The first kappa shape index (κ1) is 23.7. The zero-order valence-electron chi connectivity index (χ0n) is 18.6. The molecule has 34 heavy (non-hydrogen) atoms. The SMILES string of the molecule is COc1ccc(Cn2c(SCC(=O)Nc3ccc(OC)c(Cl)c3)nc3ccccc3c2=O)cc1. The molecule has 0 aliphatic heterocycles. The number of hydrogen-bond donors (Lipinski definition) is 1. The Bertz CT molecular complexity index is 1390. The van der Waals surface area contributed by atoms with Crippen molar-refractivity contribution < 1.29 is 14.3 Å². The first-order valence-electron chi connectivity index (χ1n) is 10.4. The van der Waals surface area contributed by atoms with Gasteiger partial charge in [0.05, 0.1) is 42.4 Å². The molecule has 4 rings (SSSR count). The Labute approximate surface area is 205 Å². The van der Waals surface area contributed by atoms with Crippen LogP contribution in [0, 0.1) is 0 Å². The first-order valence-corrected chi connectivity index (χ1v) is 11.7. The van der Waals surface area contributed by atoms with E-state index in [1.165, 1.54) is 18.9 Å². The van der Waals surface area contributed by atoms with Crippen LogP contribution in [0.3, 0.4) is 0 Å². The van der Waals surface area contributed by atoms with Crippen LogP contribution in [0.25, 0.3) is 10.9 Å². The highest BCUT2D eigenvalue weighted by atomic mass is 35.5. The molecule has 1 heterocycles. The molecule has 0 aliphatic rings. The molecule has 174 valence electrons. The Hall–Kier alpha value is -3.49. The van der Waals surface area contributed by atoms with Gasteiger partial charge in [-0.1, -0.05) is 47.6 Å². The molecule has 3 aromatic carbocycles. The van der Waals surface area contributed by atoms with Gasteiger partial charge in [-0.3, -0.25) is 14.2 Å². The fourth-order valence-corrected chi connectivity index (χ4v) is 4.44. The summed E-state index contributed by atoms with van der Waals surface area (Å²) in [6.45, 7) is 0.318. The summed E-state index contributed by atoms with van der Waals surface area (Å²) in [5, 5.41) is 4.20. The zero-order valence-corrected chi connectivity index (χ0v) is 20.2. The number of nitrogens with one attached hydrogen (secondary N) is 1. The standard InChI is InChI=1S/C25H22ClN3O4S/c1-32-18-10-7-16(8-11-18)14-29-24(31)19-5-3-4-6-21(19)28-25(29)34-15-23(30)27-17-9-12-22(33-2)20(26)13-17/h3-13H,14-15H2,1-2H3,(H,27,30). The molecule has 0 radical (unpaired) electrons. The predicted molar refractivity (Wildman–Crippen MR) is 135 cm³/mol. The lowest BCUT2D eigenvalue weighted by atomic mass is 10.2. The Morgan fingerprint density at radius 2 is 1.82 bits per heavy atom. The van der Waals surface area contributed by atoms with Crippen molar-refractivity contribution in [1.82, 2.24) is 9.55 Å². The summed E-state index contributed by atoms with van der Waals surface area (Å²) in [5.74, 6) is 1.08. The number of carbonyl (C=O) groups excluding carboxylic acids is 1. The van der Waals surface area contributed by atoms with Gasteiger partial charge in [0.1, 0.15) is 11.5 Å². The molecule has 0 spiro atoms. The Morgan fingerprint density at radius 3 is 2.53 bits per heavy atom. The van der Waals surface area contributed by atoms with Crippen molar-refractivity contribution in [3.8, 4) is 11.5 Å². The van der Waals surface area contributed by atoms with Gasteiger partial charge >= 0.3 is 0 Å². The van der Waals surface area contributed by atoms with Crippen LogP contribution in [0.4, 0.5) is 5.69 Å². The maximum absolute atomic E-state index is 13.3. The van der Waals surface area contributed by atoms with Gasteiger partial charge in [-0.05, 0) is 48.0 Å². The van der Waals surface area contributed by atoms with Gasteiger partial charge < -0.3 is 14.8 Å². The molecule has 0 unspecified atom stereocenters. The van der Waals surface area contributed by atoms with Crippen LogP contribution in [0.1, 0.15) is 5.56 Å². The second kappa shape index (κ2) is 10.6. The monoisotopic (exact) mass is 495 g/mol. The normalized spacial score (nSPS) is 10.8. The molecular formula is C25H22ClN3O4S. The summed E-state index contributed by atoms with van der Waals surface area (Å²) in [6, 6.07) is 19.7. The van der Waals surface area contributed by atoms with E-state index in [4.69, 9.17) is 21.1 Å². The van der Waals surface area contributed by atoms with Crippen molar-refractivity contribution in [3.63, 3.8) is 0 Å². The first-order chi connectivity index (χ1) is 16.5. The van der Waals surface area contributed by atoms with E-state index in [1.54, 1.807) is 42.0 Å². The number of methoxy groups -OCH3 is 2. The van der Waals surface area contributed by atoms with Crippen LogP contribution in [0.5, 0.6) is 11.5 Å². The number of rotatable bonds is 8. The fraction of sp³-hybridized carbons (Fsp3) is 0.160. The van der Waals surface area contributed by atoms with Crippen LogP contribution >= 0.6 is 23.4 Å². The average Bonchev–Trinajstić information content (AvgIpc) is 2.85. The number of amides is 1. The maximum atomic E-state index is 13.3. The minimum Gasteiger partial charge on any atom is -0.497 e. The van der Waals surface area contributed by atoms with E-state index >= 15 is 0 Å². The highest BCUT2D eigenvalue weighted by Gasteiger charge is 2.14. The van der Waals surface area contributed by atoms with E-state index in [1.807, 2.05) is 36.4 Å². The average molecular weight is 496 g/mol. The molecule has 9 heteroatoms. The molecule has 1 amide bonds. The van der Waals surface area contributed by atoms with Gasteiger partial charge in [0.15, 0.2) is 5.16 Å². The highest BCUT2D eigenvalue weighted by molar-refractivity contribution is 7.99. The number of carbonyl (C=O) groups is 1. The summed E-state index contributed by atoms with van der Waals surface area (Å²) in [7, 11) is 3.13. The summed E-state index contributed by atoms with van der Waals surface area (Å²) < 4.78 is 11.9. The second-order valence-electron chi connectivity index (χ2n) is 7.34. The van der Waals surface area contributed by atoms with Crippen LogP contribution in [0.2, 0.25) is 5.02 Å². The van der Waals surface area contributed by atoms with E-state index in [0.29, 0.717) is 39.1 Å². The van der Waals surface area contributed by atoms with Crippen molar-refractivity contribution in [3.05, 3.63) is 87.7 Å². The number of ether oxygens (including phenoxy) is 2. The number of anilines is 1. The third-order valence-corrected chi connectivity index (χ3v) is 6.37. The number of para-hydroxylation sites is 1. The number of hydrogen-bond acceptors (Lipinski definition) is 6. The number of nitrogens with zero attached hydrogens (tertiary/aromatic N) is 2. The quantitative estimate of drug-likeness (QED) is 0.278. The topological polar surface area (TPSA) is 82.4 Å². The lowest BCUT2D eigenvalue weighted by Gasteiger charge is -2.14. The molecular weight excluding hydrogens is 474 g/mol. The van der Waals surface area contributed by atoms with Crippen LogP contribution < -0.4 is 20.3 Å². The van der Waals surface area contributed by atoms with Crippen LogP contribution in [-0.2, 0) is 11.3 Å². The van der Waals surface area contributed by atoms with Gasteiger partial charge in [0, 0.05) is 5.69 Å². The fourth-order valence-electron chi connectivity index (χ4n) is 3.38. The predicted octanol–water partition coefficient (Wildman–Crippen LogP) is 4.85. The minimum absolute atomic E-state index is 0.0665. The smallest absolute Gasteiger partial charge is 0.262 e. The number of thioether (sulfide) groups is 1. The molecule has 1 N–H and O–H groups in total. The summed E-state index contributed by atoms with van der Waals surface area (Å²) >= 11 is 7.34. The van der Waals surface area contributed by atoms with Crippen molar-refractivity contribution in [2.75, 3.05) is 25.3 Å². The van der Waals surface area contributed by atoms with Crippen LogP contribution in [0.15, 0.2) is 76.7 Å². The van der Waals surface area contributed by atoms with Gasteiger partial charge in [0.25, 0.3) is 5.56 Å². The molecule has 1 aromatic heterocycles. The molecule has 7 nitrogen and oxygen atoms in total. The number of halogens is 1. The Morgan fingerprint density at radius 1 is 1.06 bits per heavy atom. The van der Waals surface area contributed by atoms with Crippen molar-refractivity contribution >= 4 is 45.9 Å². The van der Waals surface area contributed by atoms with Gasteiger partial charge in [-0.15, -0.1) is 0 Å². The summed E-state index contributed by atoms with van der Waals surface area (Å²) in [4.78, 5) is 30.5. The third kappa shape index (κ3) is 5.35. The molecule has 0 atom stereocenters. The molecule has 0 saturated heterocycles. The van der Waals surface area contributed by atoms with Gasteiger partial charge in [-0.2, -0.15) is 0 Å². The third-order valence-electron chi connectivity index (χ3n) is 5.09. The molecule has 0 bridgehead atoms. The van der Waals surface area contributed by atoms with Gasteiger partial charge in [-0.25, -0.2) is 4.98 Å². The Kier molecular flexibility index (Phi) is 7.40. The second-order valence-corrected chi connectivity index (χ2v) is 8.69. The van der Waals surface area contributed by atoms with E-state index in [9.17, 15) is 9.59 Å². The van der Waals surface area contributed by atoms with Crippen molar-refractivity contribution in [2.45, 2.75) is 11.7 Å². The lowest BCUT2D eigenvalue weighted by Crippen LogP contribution is -2.24. The number of fused-ring (bicyclic) bond motifs is 1. The number of benzene rings is 3. The van der Waals surface area contributed by atoms with Gasteiger partial charge in [0.2, 0.25) is 5.91 Å². The highest BCUT2D eigenvalue weighted by Crippen LogP contribution is 2.27. The minimum atomic E-state index is -0.246. The summed E-state index contributed by atoms with van der Waals surface area (Å²) in [5.41, 5.74) is 1.90.